The van der Waals surface area contributed by atoms with Gasteiger partial charge < -0.3 is 14.8 Å². The van der Waals surface area contributed by atoms with Crippen LogP contribution in [0.15, 0.2) is 18.2 Å². The third-order valence-electron chi connectivity index (χ3n) is 4.12. The van der Waals surface area contributed by atoms with E-state index in [9.17, 15) is 0 Å². The summed E-state index contributed by atoms with van der Waals surface area (Å²) in [4.78, 5) is 0. The van der Waals surface area contributed by atoms with Gasteiger partial charge in [-0.25, -0.2) is 0 Å². The number of benzene rings is 1. The van der Waals surface area contributed by atoms with Gasteiger partial charge in [-0.05, 0) is 50.3 Å². The van der Waals surface area contributed by atoms with Gasteiger partial charge in [0.2, 0.25) is 0 Å². The van der Waals surface area contributed by atoms with Gasteiger partial charge in [0.05, 0.1) is 13.2 Å². The smallest absolute Gasteiger partial charge is 0.161 e. The monoisotopic (exact) mass is 291 g/mol. The van der Waals surface area contributed by atoms with Crippen LogP contribution in [0, 0.1) is 5.92 Å². The molecule has 118 valence electrons. The summed E-state index contributed by atoms with van der Waals surface area (Å²) in [6.45, 7) is 7.31. The minimum absolute atomic E-state index is 0.159. The molecule has 1 fully saturated rings. The van der Waals surface area contributed by atoms with Gasteiger partial charge in [-0.2, -0.15) is 0 Å². The molecular weight excluding hydrogens is 262 g/mol. The fourth-order valence-corrected chi connectivity index (χ4v) is 3.05. The molecule has 2 rings (SSSR count). The molecule has 0 saturated heterocycles. The molecule has 1 N–H and O–H groups in total. The molecule has 3 heteroatoms. The van der Waals surface area contributed by atoms with Crippen LogP contribution in [0.25, 0.3) is 0 Å². The summed E-state index contributed by atoms with van der Waals surface area (Å²) in [5.74, 6) is 2.50. The molecule has 1 aliphatic rings. The molecule has 0 aliphatic heterocycles. The molecule has 1 aliphatic carbocycles. The number of rotatable bonds is 6. The number of ether oxygens (including phenoxy) is 2. The summed E-state index contributed by atoms with van der Waals surface area (Å²) in [6.07, 6.45) is 5.49. The Morgan fingerprint density at radius 1 is 1.24 bits per heavy atom. The summed E-state index contributed by atoms with van der Waals surface area (Å²) in [5, 5.41) is 3.68. The molecule has 1 aromatic rings. The van der Waals surface area contributed by atoms with Crippen molar-refractivity contribution >= 4 is 0 Å². The molecule has 1 aromatic carbocycles. The third kappa shape index (κ3) is 4.92. The maximum absolute atomic E-state index is 5.75. The minimum atomic E-state index is 0.159. The topological polar surface area (TPSA) is 30.5 Å². The molecule has 0 radical (unpaired) electrons. The normalized spacial score (nSPS) is 22.3. The predicted molar refractivity (Wildman–Crippen MR) is 87.0 cm³/mol. The van der Waals surface area contributed by atoms with Crippen LogP contribution < -0.4 is 14.8 Å². The maximum atomic E-state index is 5.75. The zero-order valence-corrected chi connectivity index (χ0v) is 13.8. The number of methoxy groups -OCH3 is 1. The van der Waals surface area contributed by atoms with Gasteiger partial charge in [0, 0.05) is 12.6 Å². The average Bonchev–Trinajstić information content (AvgIpc) is 2.45. The summed E-state index contributed by atoms with van der Waals surface area (Å²) in [5.41, 5.74) is 1.25. The van der Waals surface area contributed by atoms with Gasteiger partial charge in [0.15, 0.2) is 11.5 Å². The fraction of sp³-hybridized carbons (Fsp3) is 0.667. The molecule has 1 saturated carbocycles. The van der Waals surface area contributed by atoms with Crippen molar-refractivity contribution < 1.29 is 9.47 Å². The summed E-state index contributed by atoms with van der Waals surface area (Å²) >= 11 is 0. The summed E-state index contributed by atoms with van der Waals surface area (Å²) < 4.78 is 11.2. The molecule has 2 atom stereocenters. The van der Waals surface area contributed by atoms with Gasteiger partial charge in [-0.3, -0.25) is 0 Å². The Balaban J connectivity index is 1.94. The van der Waals surface area contributed by atoms with E-state index in [1.165, 1.54) is 31.2 Å². The van der Waals surface area contributed by atoms with Gasteiger partial charge in [0.1, 0.15) is 0 Å². The van der Waals surface area contributed by atoms with Crippen LogP contribution in [-0.2, 0) is 6.54 Å². The standard InChI is InChI=1S/C18H29NO2/c1-13(2)21-17-9-8-15(11-18(17)20-4)12-19-16-7-5-6-14(3)10-16/h8-9,11,13-14,16,19H,5-7,10,12H2,1-4H3. The van der Waals surface area contributed by atoms with Crippen LogP contribution in [0.3, 0.4) is 0 Å². The first-order valence-electron chi connectivity index (χ1n) is 8.15. The van der Waals surface area contributed by atoms with Crippen LogP contribution in [-0.4, -0.2) is 19.3 Å². The van der Waals surface area contributed by atoms with Gasteiger partial charge in [-0.1, -0.05) is 25.8 Å². The Bertz CT molecular complexity index is 445. The molecule has 3 nitrogen and oxygen atoms in total. The quantitative estimate of drug-likeness (QED) is 0.854. The van der Waals surface area contributed by atoms with Crippen LogP contribution in [0.5, 0.6) is 11.5 Å². The van der Waals surface area contributed by atoms with Gasteiger partial charge in [-0.15, -0.1) is 0 Å². The van der Waals surface area contributed by atoms with E-state index in [4.69, 9.17) is 9.47 Å². The largest absolute Gasteiger partial charge is 0.493 e. The molecule has 0 aromatic heterocycles. The van der Waals surface area contributed by atoms with E-state index in [0.717, 1.165) is 24.0 Å². The second-order valence-electron chi connectivity index (χ2n) is 6.50. The van der Waals surface area contributed by atoms with Crippen LogP contribution in [0.1, 0.15) is 52.0 Å². The average molecular weight is 291 g/mol. The van der Waals surface area contributed by atoms with E-state index in [2.05, 4.69) is 24.4 Å². The van der Waals surface area contributed by atoms with Crippen molar-refractivity contribution in [3.05, 3.63) is 23.8 Å². The van der Waals surface area contributed by atoms with E-state index < -0.39 is 0 Å². The van der Waals surface area contributed by atoms with E-state index in [1.807, 2.05) is 19.9 Å². The van der Waals surface area contributed by atoms with Crippen molar-refractivity contribution in [2.75, 3.05) is 7.11 Å². The molecule has 0 bridgehead atoms. The van der Waals surface area contributed by atoms with E-state index in [0.29, 0.717) is 6.04 Å². The molecule has 21 heavy (non-hydrogen) atoms. The van der Waals surface area contributed by atoms with Crippen molar-refractivity contribution in [1.82, 2.24) is 5.32 Å². The van der Waals surface area contributed by atoms with Gasteiger partial charge in [0.25, 0.3) is 0 Å². The lowest BCUT2D eigenvalue weighted by atomic mass is 9.87. The Labute approximate surface area is 129 Å². The first kappa shape index (κ1) is 16.2. The third-order valence-corrected chi connectivity index (χ3v) is 4.12. The highest BCUT2D eigenvalue weighted by Crippen LogP contribution is 2.29. The van der Waals surface area contributed by atoms with E-state index in [-0.39, 0.29) is 6.10 Å². The second-order valence-corrected chi connectivity index (χ2v) is 6.50. The lowest BCUT2D eigenvalue weighted by molar-refractivity contribution is 0.230. The van der Waals surface area contributed by atoms with Crippen molar-refractivity contribution in [2.45, 2.75) is 65.1 Å². The number of nitrogens with one attached hydrogen (secondary N) is 1. The zero-order valence-electron chi connectivity index (χ0n) is 13.8. The van der Waals surface area contributed by atoms with Crippen molar-refractivity contribution in [2.24, 2.45) is 5.92 Å². The Morgan fingerprint density at radius 3 is 2.71 bits per heavy atom. The highest BCUT2D eigenvalue weighted by atomic mass is 16.5. The Morgan fingerprint density at radius 2 is 2.05 bits per heavy atom. The molecule has 0 amide bonds. The van der Waals surface area contributed by atoms with Crippen molar-refractivity contribution in [1.29, 1.82) is 0 Å². The van der Waals surface area contributed by atoms with Crippen LogP contribution in [0.2, 0.25) is 0 Å². The first-order valence-corrected chi connectivity index (χ1v) is 8.15. The number of hydrogen-bond donors (Lipinski definition) is 1. The van der Waals surface area contributed by atoms with Crippen LogP contribution >= 0.6 is 0 Å². The highest BCUT2D eigenvalue weighted by Gasteiger charge is 2.18. The molecule has 0 spiro atoms. The molecule has 0 heterocycles. The summed E-state index contributed by atoms with van der Waals surface area (Å²) in [6, 6.07) is 6.88. The molecular formula is C18H29NO2. The highest BCUT2D eigenvalue weighted by molar-refractivity contribution is 5.43. The van der Waals surface area contributed by atoms with Gasteiger partial charge >= 0.3 is 0 Å². The lowest BCUT2D eigenvalue weighted by Gasteiger charge is -2.27. The van der Waals surface area contributed by atoms with Crippen LogP contribution in [0.4, 0.5) is 0 Å². The fourth-order valence-electron chi connectivity index (χ4n) is 3.05. The minimum Gasteiger partial charge on any atom is -0.493 e. The van der Waals surface area contributed by atoms with E-state index >= 15 is 0 Å². The van der Waals surface area contributed by atoms with Crippen molar-refractivity contribution in [3.8, 4) is 11.5 Å². The lowest BCUT2D eigenvalue weighted by Crippen LogP contribution is -2.33. The second kappa shape index (κ2) is 7.69. The predicted octanol–water partition coefficient (Wildman–Crippen LogP) is 4.15. The van der Waals surface area contributed by atoms with Crippen molar-refractivity contribution in [3.63, 3.8) is 0 Å². The Hall–Kier alpha value is -1.22. The SMILES string of the molecule is COc1cc(CNC2CCCC(C)C2)ccc1OC(C)C. The zero-order chi connectivity index (χ0) is 15.2. The van der Waals surface area contributed by atoms with E-state index in [1.54, 1.807) is 7.11 Å². The summed E-state index contributed by atoms with van der Waals surface area (Å²) in [7, 11) is 1.70. The number of hydrogen-bond acceptors (Lipinski definition) is 3. The Kier molecular flexibility index (Phi) is 5.92. The first-order chi connectivity index (χ1) is 10.1. The maximum Gasteiger partial charge on any atom is 0.161 e. The molecule has 2 unspecified atom stereocenters.